The van der Waals surface area contributed by atoms with Crippen molar-refractivity contribution >= 4 is 11.6 Å². The molecule has 0 bridgehead atoms. The van der Waals surface area contributed by atoms with E-state index in [-0.39, 0.29) is 12.1 Å². The van der Waals surface area contributed by atoms with Crippen molar-refractivity contribution in [2.45, 2.75) is 6.54 Å². The van der Waals surface area contributed by atoms with Gasteiger partial charge >= 0.3 is 0 Å². The van der Waals surface area contributed by atoms with E-state index in [0.29, 0.717) is 11.4 Å². The first-order valence-corrected chi connectivity index (χ1v) is 5.26. The van der Waals surface area contributed by atoms with Gasteiger partial charge < -0.3 is 11.1 Å². The Balaban J connectivity index is 2.06. The van der Waals surface area contributed by atoms with E-state index in [0.717, 1.165) is 6.07 Å². The van der Waals surface area contributed by atoms with Crippen LogP contribution in [0.25, 0.3) is 0 Å². The molecule has 0 saturated heterocycles. The summed E-state index contributed by atoms with van der Waals surface area (Å²) in [6, 6.07) is 7.27. The molecule has 1 amide bonds. The second-order valence-electron chi connectivity index (χ2n) is 3.64. The van der Waals surface area contributed by atoms with Gasteiger partial charge in [0.05, 0.1) is 17.8 Å². The Kier molecular flexibility index (Phi) is 3.47. The summed E-state index contributed by atoms with van der Waals surface area (Å²) in [5.74, 6) is -1.15. The van der Waals surface area contributed by atoms with Gasteiger partial charge in [0.2, 0.25) is 0 Å². The summed E-state index contributed by atoms with van der Waals surface area (Å²) >= 11 is 0. The van der Waals surface area contributed by atoms with E-state index < -0.39 is 11.7 Å². The van der Waals surface area contributed by atoms with Crippen LogP contribution in [-0.2, 0) is 6.54 Å². The second-order valence-corrected chi connectivity index (χ2v) is 3.64. The highest BCUT2D eigenvalue weighted by molar-refractivity contribution is 5.95. The Morgan fingerprint density at radius 1 is 1.39 bits per heavy atom. The molecule has 1 heterocycles. The second kappa shape index (κ2) is 5.22. The summed E-state index contributed by atoms with van der Waals surface area (Å²) in [5, 5.41) is 10.0. The summed E-state index contributed by atoms with van der Waals surface area (Å²) in [6.45, 7) is 0.181. The molecule has 0 aliphatic heterocycles. The van der Waals surface area contributed by atoms with Crippen LogP contribution in [-0.4, -0.2) is 16.1 Å². The van der Waals surface area contributed by atoms with Gasteiger partial charge in [0.25, 0.3) is 5.91 Å². The molecule has 0 fully saturated rings. The standard InChI is InChI=1S/C12H11FN4O/c13-11-4-3-8(14)6-10(11)12(18)15-7-9-2-1-5-16-17-9/h1-6H,7,14H2,(H,15,18). The number of carbonyl (C=O) groups is 1. The molecule has 1 aromatic heterocycles. The average Bonchev–Trinajstić information content (AvgIpc) is 2.40. The van der Waals surface area contributed by atoms with Gasteiger partial charge in [-0.05, 0) is 30.3 Å². The highest BCUT2D eigenvalue weighted by Gasteiger charge is 2.11. The van der Waals surface area contributed by atoms with Gasteiger partial charge in [-0.15, -0.1) is 0 Å². The zero-order valence-electron chi connectivity index (χ0n) is 9.43. The maximum Gasteiger partial charge on any atom is 0.254 e. The lowest BCUT2D eigenvalue weighted by atomic mass is 10.1. The van der Waals surface area contributed by atoms with Gasteiger partial charge in [-0.2, -0.15) is 10.2 Å². The van der Waals surface area contributed by atoms with E-state index in [2.05, 4.69) is 15.5 Å². The largest absolute Gasteiger partial charge is 0.399 e. The molecule has 0 atom stereocenters. The lowest BCUT2D eigenvalue weighted by Gasteiger charge is -2.06. The Morgan fingerprint density at radius 3 is 2.94 bits per heavy atom. The van der Waals surface area contributed by atoms with Crippen LogP contribution in [0.1, 0.15) is 16.1 Å². The number of rotatable bonds is 3. The average molecular weight is 246 g/mol. The first-order valence-electron chi connectivity index (χ1n) is 5.26. The highest BCUT2D eigenvalue weighted by Crippen LogP contribution is 2.11. The summed E-state index contributed by atoms with van der Waals surface area (Å²) in [7, 11) is 0. The number of nitrogens with one attached hydrogen (secondary N) is 1. The van der Waals surface area contributed by atoms with Crippen molar-refractivity contribution in [2.75, 3.05) is 5.73 Å². The third-order valence-corrected chi connectivity index (χ3v) is 2.29. The Hall–Kier alpha value is -2.50. The highest BCUT2D eigenvalue weighted by atomic mass is 19.1. The number of nitrogen functional groups attached to an aromatic ring is 1. The predicted octanol–water partition coefficient (Wildman–Crippen LogP) is 1.13. The molecule has 0 spiro atoms. The molecule has 0 aliphatic carbocycles. The maximum atomic E-state index is 13.4. The molecule has 18 heavy (non-hydrogen) atoms. The molecular formula is C12H11FN4O. The molecular weight excluding hydrogens is 235 g/mol. The van der Waals surface area contributed by atoms with E-state index in [1.165, 1.54) is 18.3 Å². The van der Waals surface area contributed by atoms with E-state index in [4.69, 9.17) is 5.73 Å². The number of hydrogen-bond donors (Lipinski definition) is 2. The SMILES string of the molecule is Nc1ccc(F)c(C(=O)NCc2cccnn2)c1. The number of nitrogens with zero attached hydrogens (tertiary/aromatic N) is 2. The Bertz CT molecular complexity index is 559. The third kappa shape index (κ3) is 2.79. The van der Waals surface area contributed by atoms with Gasteiger partial charge in [-0.25, -0.2) is 4.39 Å². The minimum Gasteiger partial charge on any atom is -0.399 e. The minimum absolute atomic E-state index is 0.0844. The van der Waals surface area contributed by atoms with Crippen molar-refractivity contribution in [3.8, 4) is 0 Å². The normalized spacial score (nSPS) is 10.1. The third-order valence-electron chi connectivity index (χ3n) is 2.29. The van der Waals surface area contributed by atoms with Crippen molar-refractivity contribution in [2.24, 2.45) is 0 Å². The molecule has 2 rings (SSSR count). The Morgan fingerprint density at radius 2 is 2.22 bits per heavy atom. The summed E-state index contributed by atoms with van der Waals surface area (Å²) in [5.41, 5.74) is 6.35. The van der Waals surface area contributed by atoms with Crippen LogP contribution in [0.4, 0.5) is 10.1 Å². The van der Waals surface area contributed by atoms with Crippen LogP contribution in [0.3, 0.4) is 0 Å². The molecule has 3 N–H and O–H groups in total. The number of anilines is 1. The fourth-order valence-electron chi connectivity index (χ4n) is 1.41. The number of carbonyl (C=O) groups excluding carboxylic acids is 1. The molecule has 5 nitrogen and oxygen atoms in total. The van der Waals surface area contributed by atoms with Crippen molar-refractivity contribution in [1.82, 2.24) is 15.5 Å². The van der Waals surface area contributed by atoms with Crippen LogP contribution in [0.5, 0.6) is 0 Å². The summed E-state index contributed by atoms with van der Waals surface area (Å²) in [4.78, 5) is 11.7. The molecule has 92 valence electrons. The molecule has 0 saturated carbocycles. The summed E-state index contributed by atoms with van der Waals surface area (Å²) < 4.78 is 13.4. The van der Waals surface area contributed by atoms with Crippen LogP contribution in [0.2, 0.25) is 0 Å². The van der Waals surface area contributed by atoms with Gasteiger partial charge in [0.15, 0.2) is 0 Å². The van der Waals surface area contributed by atoms with E-state index in [1.807, 2.05) is 0 Å². The van der Waals surface area contributed by atoms with E-state index >= 15 is 0 Å². The quantitative estimate of drug-likeness (QED) is 0.795. The number of aromatic nitrogens is 2. The van der Waals surface area contributed by atoms with Crippen molar-refractivity contribution in [3.05, 3.63) is 53.6 Å². The number of halogens is 1. The van der Waals surface area contributed by atoms with Crippen LogP contribution >= 0.6 is 0 Å². The first-order chi connectivity index (χ1) is 8.66. The molecule has 0 unspecified atom stereocenters. The molecule has 6 heteroatoms. The van der Waals surface area contributed by atoms with Crippen LogP contribution in [0.15, 0.2) is 36.5 Å². The lowest BCUT2D eigenvalue weighted by Crippen LogP contribution is -2.24. The molecule has 1 aromatic carbocycles. The monoisotopic (exact) mass is 246 g/mol. The molecule has 0 radical (unpaired) electrons. The van der Waals surface area contributed by atoms with Crippen molar-refractivity contribution in [3.63, 3.8) is 0 Å². The minimum atomic E-state index is -0.610. The first kappa shape index (κ1) is 12.0. The van der Waals surface area contributed by atoms with Gasteiger partial charge in [0, 0.05) is 11.9 Å². The topological polar surface area (TPSA) is 80.9 Å². The smallest absolute Gasteiger partial charge is 0.254 e. The van der Waals surface area contributed by atoms with Crippen LogP contribution < -0.4 is 11.1 Å². The van der Waals surface area contributed by atoms with E-state index in [9.17, 15) is 9.18 Å². The number of hydrogen-bond acceptors (Lipinski definition) is 4. The Labute approximate surface area is 103 Å². The van der Waals surface area contributed by atoms with Gasteiger partial charge in [-0.3, -0.25) is 4.79 Å². The number of benzene rings is 1. The van der Waals surface area contributed by atoms with Crippen molar-refractivity contribution in [1.29, 1.82) is 0 Å². The molecule has 2 aromatic rings. The summed E-state index contributed by atoms with van der Waals surface area (Å²) in [6.07, 6.45) is 1.53. The maximum absolute atomic E-state index is 13.4. The fraction of sp³-hybridized carbons (Fsp3) is 0.0833. The van der Waals surface area contributed by atoms with Gasteiger partial charge in [0.1, 0.15) is 5.82 Å². The van der Waals surface area contributed by atoms with Crippen LogP contribution in [0, 0.1) is 5.82 Å². The number of nitrogens with two attached hydrogens (primary N) is 1. The zero-order chi connectivity index (χ0) is 13.0. The lowest BCUT2D eigenvalue weighted by molar-refractivity contribution is 0.0946. The zero-order valence-corrected chi connectivity index (χ0v) is 9.43. The van der Waals surface area contributed by atoms with E-state index in [1.54, 1.807) is 12.1 Å². The predicted molar refractivity (Wildman–Crippen MR) is 64.0 cm³/mol. The van der Waals surface area contributed by atoms with Crippen molar-refractivity contribution < 1.29 is 9.18 Å². The van der Waals surface area contributed by atoms with Gasteiger partial charge in [-0.1, -0.05) is 0 Å². The number of amides is 1. The molecule has 0 aliphatic rings. The fourth-order valence-corrected chi connectivity index (χ4v) is 1.41.